The summed E-state index contributed by atoms with van der Waals surface area (Å²) in [6.07, 6.45) is 4.97. The highest BCUT2D eigenvalue weighted by Gasteiger charge is 2.25. The van der Waals surface area contributed by atoms with E-state index in [1.165, 1.54) is 30.8 Å². The van der Waals surface area contributed by atoms with E-state index >= 15 is 0 Å². The van der Waals surface area contributed by atoms with E-state index in [2.05, 4.69) is 27.1 Å². The minimum atomic E-state index is -0.415. The molecule has 3 aromatic rings. The third kappa shape index (κ3) is 5.00. The average molecular weight is 513 g/mol. The van der Waals surface area contributed by atoms with Crippen LogP contribution in [0.4, 0.5) is 5.13 Å². The smallest absolute Gasteiger partial charge is 0.277 e. The Morgan fingerprint density at radius 1 is 1.25 bits per heavy atom. The number of benzene rings is 1. The number of methoxy groups -OCH3 is 1. The van der Waals surface area contributed by atoms with Gasteiger partial charge in [0.05, 0.1) is 35.2 Å². The van der Waals surface area contributed by atoms with Crippen LogP contribution in [0.5, 0.6) is 5.75 Å². The number of anilines is 1. The Hall–Kier alpha value is -1.97. The van der Waals surface area contributed by atoms with E-state index in [0.29, 0.717) is 33.5 Å². The second kappa shape index (κ2) is 9.89. The Morgan fingerprint density at radius 2 is 2.00 bits per heavy atom. The van der Waals surface area contributed by atoms with Crippen LogP contribution < -0.4 is 10.1 Å². The largest absolute Gasteiger partial charge is 0.494 e. The van der Waals surface area contributed by atoms with Gasteiger partial charge >= 0.3 is 0 Å². The summed E-state index contributed by atoms with van der Waals surface area (Å²) in [6.45, 7) is 3.95. The van der Waals surface area contributed by atoms with Gasteiger partial charge in [-0.25, -0.2) is 15.0 Å². The maximum atomic E-state index is 12.6. The van der Waals surface area contributed by atoms with Gasteiger partial charge in [0.2, 0.25) is 0 Å². The van der Waals surface area contributed by atoms with Crippen molar-refractivity contribution in [3.05, 3.63) is 50.3 Å². The van der Waals surface area contributed by atoms with Crippen molar-refractivity contribution in [2.45, 2.75) is 32.4 Å². The number of nitrogens with zero attached hydrogens (tertiary/aromatic N) is 4. The van der Waals surface area contributed by atoms with Crippen LogP contribution in [0, 0.1) is 0 Å². The van der Waals surface area contributed by atoms with E-state index in [-0.39, 0.29) is 10.8 Å². The molecule has 0 aliphatic carbocycles. The number of hydrogen-bond donors (Lipinski definition) is 1. The summed E-state index contributed by atoms with van der Waals surface area (Å²) < 4.78 is 5.26. The highest BCUT2D eigenvalue weighted by atomic mass is 35.5. The van der Waals surface area contributed by atoms with Gasteiger partial charge in [0.1, 0.15) is 10.8 Å². The van der Waals surface area contributed by atoms with Crippen molar-refractivity contribution in [3.63, 3.8) is 0 Å². The van der Waals surface area contributed by atoms with Gasteiger partial charge in [0.15, 0.2) is 10.9 Å². The second-order valence-corrected chi connectivity index (χ2v) is 9.69. The monoisotopic (exact) mass is 511 g/mol. The van der Waals surface area contributed by atoms with E-state index in [0.717, 1.165) is 35.5 Å². The summed E-state index contributed by atoms with van der Waals surface area (Å²) in [5, 5.41) is 4.26. The number of amides is 1. The molecular weight excluding hydrogens is 493 g/mol. The van der Waals surface area contributed by atoms with Crippen molar-refractivity contribution in [2.24, 2.45) is 0 Å². The first-order valence-electron chi connectivity index (χ1n) is 9.91. The predicted octanol–water partition coefficient (Wildman–Crippen LogP) is 5.81. The number of likely N-dealkylation sites (tertiary alicyclic amines) is 1. The lowest BCUT2D eigenvalue weighted by Crippen LogP contribution is -2.25. The third-order valence-corrected chi connectivity index (χ3v) is 7.00. The maximum absolute atomic E-state index is 12.6. The normalized spacial score (nSPS) is 16.3. The molecule has 0 bridgehead atoms. The first-order valence-corrected chi connectivity index (χ1v) is 11.9. The van der Waals surface area contributed by atoms with Gasteiger partial charge in [-0.15, -0.1) is 0 Å². The quantitative estimate of drug-likeness (QED) is 0.449. The molecule has 1 amide bonds. The Balaban J connectivity index is 1.68. The van der Waals surface area contributed by atoms with E-state index < -0.39 is 5.91 Å². The summed E-state index contributed by atoms with van der Waals surface area (Å²) >= 11 is 19.9. The molecule has 1 aliphatic rings. The van der Waals surface area contributed by atoms with Gasteiger partial charge in [0, 0.05) is 23.0 Å². The Morgan fingerprint density at radius 3 is 2.59 bits per heavy atom. The van der Waals surface area contributed by atoms with Crippen LogP contribution in [0.25, 0.3) is 11.3 Å². The maximum Gasteiger partial charge on any atom is 0.277 e. The minimum absolute atomic E-state index is 0.149. The molecule has 1 aliphatic heterocycles. The van der Waals surface area contributed by atoms with Crippen LogP contribution in [0.3, 0.4) is 0 Å². The van der Waals surface area contributed by atoms with E-state index in [4.69, 9.17) is 44.5 Å². The van der Waals surface area contributed by atoms with E-state index in [1.54, 1.807) is 12.1 Å². The summed E-state index contributed by atoms with van der Waals surface area (Å²) in [4.78, 5) is 28.6. The first-order chi connectivity index (χ1) is 15.4. The van der Waals surface area contributed by atoms with E-state index in [9.17, 15) is 4.79 Å². The molecule has 168 valence electrons. The molecule has 1 aromatic carbocycles. The predicted molar refractivity (Wildman–Crippen MR) is 128 cm³/mol. The standard InChI is InChI=1S/C21H20Cl3N5O2S/c1-11-4-3-5-29(11)10-16-18(12-6-13(22)19(31-2)14(23)7-12)27-21(32-16)28-20(30)15-8-26-17(24)9-25-15/h6-9,11H,3-5,10H2,1-2H3,(H,27,28,30). The van der Waals surface area contributed by atoms with Crippen molar-refractivity contribution in [3.8, 4) is 17.0 Å². The van der Waals surface area contributed by atoms with Crippen molar-refractivity contribution in [2.75, 3.05) is 19.0 Å². The fourth-order valence-corrected chi connectivity index (χ4v) is 5.38. The van der Waals surface area contributed by atoms with Crippen molar-refractivity contribution < 1.29 is 9.53 Å². The Labute approximate surface area is 204 Å². The Bertz CT molecular complexity index is 1120. The molecule has 1 fully saturated rings. The van der Waals surface area contributed by atoms with Gasteiger partial charge in [0.25, 0.3) is 5.91 Å². The SMILES string of the molecule is COc1c(Cl)cc(-c2nc(NC(=O)c3cnc(Cl)cn3)sc2CN2CCCC2C)cc1Cl. The van der Waals surface area contributed by atoms with Crippen LogP contribution in [0.1, 0.15) is 35.1 Å². The average Bonchev–Trinajstić information content (AvgIpc) is 3.34. The fraction of sp³-hybridized carbons (Fsp3) is 0.333. The first kappa shape index (κ1) is 23.2. The molecule has 0 spiro atoms. The van der Waals surface area contributed by atoms with E-state index in [1.807, 2.05) is 0 Å². The number of thiazole rings is 1. The van der Waals surface area contributed by atoms with Gasteiger partial charge in [-0.05, 0) is 38.4 Å². The highest BCUT2D eigenvalue weighted by molar-refractivity contribution is 7.16. The van der Waals surface area contributed by atoms with Crippen LogP contribution in [-0.2, 0) is 6.54 Å². The zero-order valence-electron chi connectivity index (χ0n) is 17.4. The number of nitrogens with one attached hydrogen (secondary N) is 1. The molecule has 0 saturated carbocycles. The van der Waals surface area contributed by atoms with Crippen molar-refractivity contribution >= 4 is 57.2 Å². The molecule has 32 heavy (non-hydrogen) atoms. The molecule has 1 atom stereocenters. The number of carbonyl (C=O) groups is 1. The van der Waals surface area contributed by atoms with Gasteiger partial charge in [-0.2, -0.15) is 0 Å². The number of ether oxygens (including phenoxy) is 1. The molecule has 4 rings (SSSR count). The molecule has 1 N–H and O–H groups in total. The summed E-state index contributed by atoms with van der Waals surface area (Å²) in [7, 11) is 1.52. The lowest BCUT2D eigenvalue weighted by atomic mass is 10.1. The number of halogens is 3. The number of aromatic nitrogens is 3. The van der Waals surface area contributed by atoms with Gasteiger partial charge in [-0.3, -0.25) is 15.0 Å². The van der Waals surface area contributed by atoms with Crippen LogP contribution in [-0.4, -0.2) is 45.5 Å². The zero-order valence-corrected chi connectivity index (χ0v) is 20.4. The topological polar surface area (TPSA) is 80.2 Å². The van der Waals surface area contributed by atoms with Crippen LogP contribution >= 0.6 is 46.1 Å². The summed E-state index contributed by atoms with van der Waals surface area (Å²) in [5.74, 6) is -0.00165. The minimum Gasteiger partial charge on any atom is -0.494 e. The highest BCUT2D eigenvalue weighted by Crippen LogP contribution is 2.40. The number of rotatable bonds is 6. The Kier molecular flexibility index (Phi) is 7.17. The summed E-state index contributed by atoms with van der Waals surface area (Å²) in [5.41, 5.74) is 1.63. The molecule has 0 radical (unpaired) electrons. The molecule has 3 heterocycles. The second-order valence-electron chi connectivity index (χ2n) is 7.40. The molecule has 1 saturated heterocycles. The fourth-order valence-electron chi connectivity index (χ4n) is 3.63. The number of carbonyl (C=O) groups excluding carboxylic acids is 1. The molecule has 11 heteroatoms. The van der Waals surface area contributed by atoms with Crippen molar-refractivity contribution in [1.29, 1.82) is 0 Å². The molecule has 1 unspecified atom stereocenters. The lowest BCUT2D eigenvalue weighted by Gasteiger charge is -2.20. The van der Waals surface area contributed by atoms with Gasteiger partial charge in [-0.1, -0.05) is 46.1 Å². The van der Waals surface area contributed by atoms with Crippen molar-refractivity contribution in [1.82, 2.24) is 19.9 Å². The molecule has 7 nitrogen and oxygen atoms in total. The van der Waals surface area contributed by atoms with Crippen LogP contribution in [0.2, 0.25) is 15.2 Å². The number of hydrogen-bond acceptors (Lipinski definition) is 7. The third-order valence-electron chi connectivity index (χ3n) is 5.28. The lowest BCUT2D eigenvalue weighted by molar-refractivity contribution is 0.102. The summed E-state index contributed by atoms with van der Waals surface area (Å²) in [6, 6.07) is 4.03. The van der Waals surface area contributed by atoms with Crippen LogP contribution in [0.15, 0.2) is 24.5 Å². The molecule has 2 aromatic heterocycles. The molecular formula is C21H20Cl3N5O2S. The van der Waals surface area contributed by atoms with Gasteiger partial charge < -0.3 is 4.74 Å². The zero-order chi connectivity index (χ0) is 22.8.